The minimum absolute atomic E-state index is 0.107. The van der Waals surface area contributed by atoms with Crippen LogP contribution in [0.15, 0.2) is 59.2 Å². The van der Waals surface area contributed by atoms with Crippen LogP contribution in [-0.4, -0.2) is 10.5 Å². The quantitative estimate of drug-likeness (QED) is 0.751. The van der Waals surface area contributed by atoms with Gasteiger partial charge in [0.15, 0.2) is 0 Å². The lowest BCUT2D eigenvalue weighted by Crippen LogP contribution is -2.15. The molecule has 0 aliphatic carbocycles. The maximum atomic E-state index is 12.3. The van der Waals surface area contributed by atoms with Gasteiger partial charge in [0.2, 0.25) is 0 Å². The second-order valence-electron chi connectivity index (χ2n) is 4.60. The third-order valence-electron chi connectivity index (χ3n) is 3.30. The van der Waals surface area contributed by atoms with E-state index >= 15 is 0 Å². The van der Waals surface area contributed by atoms with E-state index in [0.717, 1.165) is 20.9 Å². The van der Waals surface area contributed by atoms with E-state index in [1.54, 1.807) is 10.6 Å². The number of rotatable bonds is 2. The molecule has 0 saturated carbocycles. The average Bonchev–Trinajstić information content (AvgIpc) is 2.88. The van der Waals surface area contributed by atoms with E-state index < -0.39 is 0 Å². The van der Waals surface area contributed by atoms with Crippen LogP contribution in [0, 0.1) is 0 Å². The van der Waals surface area contributed by atoms with Crippen LogP contribution in [-0.2, 0) is 7.05 Å². The Bertz CT molecular complexity index is 792. The molecular weight excluding hydrogens is 316 g/mol. The van der Waals surface area contributed by atoms with Gasteiger partial charge in [0.05, 0.1) is 0 Å². The van der Waals surface area contributed by atoms with Crippen LogP contribution in [0.5, 0.6) is 0 Å². The van der Waals surface area contributed by atoms with Gasteiger partial charge in [-0.15, -0.1) is 0 Å². The van der Waals surface area contributed by atoms with Crippen LogP contribution >= 0.6 is 15.9 Å². The van der Waals surface area contributed by atoms with Gasteiger partial charge in [-0.3, -0.25) is 4.79 Å². The zero-order chi connectivity index (χ0) is 14.1. The maximum Gasteiger partial charge on any atom is 0.272 e. The summed E-state index contributed by atoms with van der Waals surface area (Å²) in [5.41, 5.74) is 1.45. The van der Waals surface area contributed by atoms with Gasteiger partial charge in [-0.05, 0) is 29.7 Å². The molecule has 0 fully saturated rings. The summed E-state index contributed by atoms with van der Waals surface area (Å²) in [6.07, 6.45) is 1.86. The molecule has 0 bridgehead atoms. The number of carbonyl (C=O) groups excluding carboxylic acids is 1. The van der Waals surface area contributed by atoms with Crippen molar-refractivity contribution in [1.82, 2.24) is 4.57 Å². The first-order chi connectivity index (χ1) is 9.66. The number of hydrogen-bond donors (Lipinski definition) is 1. The van der Waals surface area contributed by atoms with Crippen molar-refractivity contribution in [3.63, 3.8) is 0 Å². The number of fused-ring (bicyclic) bond motifs is 1. The summed E-state index contributed by atoms with van der Waals surface area (Å²) in [5, 5.41) is 5.07. The highest BCUT2D eigenvalue weighted by Crippen LogP contribution is 2.30. The van der Waals surface area contributed by atoms with Crippen molar-refractivity contribution in [1.29, 1.82) is 0 Å². The number of nitrogens with one attached hydrogen (secondary N) is 1. The molecule has 3 rings (SSSR count). The number of carbonyl (C=O) groups is 1. The summed E-state index contributed by atoms with van der Waals surface area (Å²) in [6.45, 7) is 0. The molecule has 0 saturated heterocycles. The van der Waals surface area contributed by atoms with Gasteiger partial charge >= 0.3 is 0 Å². The first-order valence-electron chi connectivity index (χ1n) is 6.27. The molecule has 3 aromatic rings. The molecule has 100 valence electrons. The van der Waals surface area contributed by atoms with E-state index in [9.17, 15) is 4.79 Å². The largest absolute Gasteiger partial charge is 0.347 e. The molecule has 4 heteroatoms. The average molecular weight is 329 g/mol. The van der Waals surface area contributed by atoms with Gasteiger partial charge in [0.25, 0.3) is 5.91 Å². The van der Waals surface area contributed by atoms with Gasteiger partial charge in [-0.1, -0.05) is 40.2 Å². The number of anilines is 1. The van der Waals surface area contributed by atoms with Crippen molar-refractivity contribution in [3.05, 3.63) is 64.9 Å². The molecule has 1 heterocycles. The Hall–Kier alpha value is -2.07. The molecular formula is C16H13BrN2O. The van der Waals surface area contributed by atoms with Crippen LogP contribution in [0.4, 0.5) is 5.69 Å². The zero-order valence-corrected chi connectivity index (χ0v) is 12.5. The number of aromatic nitrogens is 1. The highest BCUT2D eigenvalue weighted by Gasteiger charge is 2.11. The maximum absolute atomic E-state index is 12.3. The molecule has 0 aliphatic rings. The van der Waals surface area contributed by atoms with Crippen molar-refractivity contribution < 1.29 is 4.79 Å². The van der Waals surface area contributed by atoms with E-state index in [1.807, 2.05) is 55.7 Å². The van der Waals surface area contributed by atoms with Crippen LogP contribution < -0.4 is 5.32 Å². The molecule has 0 unspecified atom stereocenters. The molecule has 0 aliphatic heterocycles. The fourth-order valence-electron chi connectivity index (χ4n) is 2.25. The molecule has 20 heavy (non-hydrogen) atoms. The van der Waals surface area contributed by atoms with Gasteiger partial charge in [0, 0.05) is 28.8 Å². The smallest absolute Gasteiger partial charge is 0.272 e. The summed E-state index contributed by atoms with van der Waals surface area (Å²) < 4.78 is 2.82. The van der Waals surface area contributed by atoms with Crippen molar-refractivity contribution in [3.8, 4) is 0 Å². The number of halogens is 1. The molecule has 0 radical (unpaired) electrons. The minimum atomic E-state index is -0.107. The Morgan fingerprint density at radius 1 is 1.05 bits per heavy atom. The van der Waals surface area contributed by atoms with E-state index in [-0.39, 0.29) is 5.91 Å². The fraction of sp³-hybridized carbons (Fsp3) is 0.0625. The monoisotopic (exact) mass is 328 g/mol. The molecule has 0 atom stereocenters. The summed E-state index contributed by atoms with van der Waals surface area (Å²) in [7, 11) is 1.86. The van der Waals surface area contributed by atoms with Crippen LogP contribution in [0.3, 0.4) is 0 Å². The topological polar surface area (TPSA) is 34.0 Å². The molecule has 0 spiro atoms. The fourth-order valence-corrected chi connectivity index (χ4v) is 2.73. The SMILES string of the molecule is Cn1cccc1C(=O)Nc1ccc(Br)c2ccccc12. The third kappa shape index (κ3) is 2.23. The zero-order valence-electron chi connectivity index (χ0n) is 10.9. The summed E-state index contributed by atoms with van der Waals surface area (Å²) in [4.78, 5) is 12.3. The van der Waals surface area contributed by atoms with Gasteiger partial charge in [-0.2, -0.15) is 0 Å². The Labute approximate surface area is 125 Å². The van der Waals surface area contributed by atoms with Crippen molar-refractivity contribution in [2.45, 2.75) is 0 Å². The van der Waals surface area contributed by atoms with Gasteiger partial charge < -0.3 is 9.88 Å². The van der Waals surface area contributed by atoms with Crippen molar-refractivity contribution in [2.24, 2.45) is 7.05 Å². The van der Waals surface area contributed by atoms with Crippen molar-refractivity contribution >= 4 is 38.3 Å². The second-order valence-corrected chi connectivity index (χ2v) is 5.45. The highest BCUT2D eigenvalue weighted by atomic mass is 79.9. The van der Waals surface area contributed by atoms with Gasteiger partial charge in [0.1, 0.15) is 5.69 Å². The van der Waals surface area contributed by atoms with Crippen LogP contribution in [0.25, 0.3) is 10.8 Å². The van der Waals surface area contributed by atoms with E-state index in [4.69, 9.17) is 0 Å². The van der Waals surface area contributed by atoms with E-state index in [1.165, 1.54) is 0 Å². The van der Waals surface area contributed by atoms with E-state index in [0.29, 0.717) is 5.69 Å². The first-order valence-corrected chi connectivity index (χ1v) is 7.06. The second kappa shape index (κ2) is 5.13. The van der Waals surface area contributed by atoms with E-state index in [2.05, 4.69) is 21.2 Å². The Morgan fingerprint density at radius 2 is 1.80 bits per heavy atom. The number of hydrogen-bond acceptors (Lipinski definition) is 1. The minimum Gasteiger partial charge on any atom is -0.347 e. The third-order valence-corrected chi connectivity index (χ3v) is 3.99. The van der Waals surface area contributed by atoms with Crippen LogP contribution in [0.2, 0.25) is 0 Å². The summed E-state index contributed by atoms with van der Waals surface area (Å²) in [6, 6.07) is 15.5. The predicted molar refractivity (Wildman–Crippen MR) is 85.0 cm³/mol. The first kappa shape index (κ1) is 12.9. The van der Waals surface area contributed by atoms with Gasteiger partial charge in [-0.25, -0.2) is 0 Å². The number of amides is 1. The normalized spacial score (nSPS) is 10.7. The predicted octanol–water partition coefficient (Wildman–Crippen LogP) is 4.19. The summed E-state index contributed by atoms with van der Waals surface area (Å²) in [5.74, 6) is -0.107. The Morgan fingerprint density at radius 3 is 2.50 bits per heavy atom. The lowest BCUT2D eigenvalue weighted by atomic mass is 10.1. The molecule has 1 amide bonds. The molecule has 1 aromatic heterocycles. The van der Waals surface area contributed by atoms with Crippen LogP contribution in [0.1, 0.15) is 10.5 Å². The summed E-state index contributed by atoms with van der Waals surface area (Å²) >= 11 is 3.53. The Kier molecular flexibility index (Phi) is 3.32. The molecule has 3 nitrogen and oxygen atoms in total. The molecule has 2 aromatic carbocycles. The highest BCUT2D eigenvalue weighted by molar-refractivity contribution is 9.10. The standard InChI is InChI=1S/C16H13BrN2O/c1-19-10-4-7-15(19)16(20)18-14-9-8-13(17)11-5-2-3-6-12(11)14/h2-10H,1H3,(H,18,20). The molecule has 1 N–H and O–H groups in total. The number of aryl methyl sites for hydroxylation is 1. The lowest BCUT2D eigenvalue weighted by Gasteiger charge is -2.10. The number of benzene rings is 2. The van der Waals surface area contributed by atoms with Crippen molar-refractivity contribution in [2.75, 3.05) is 5.32 Å². The lowest BCUT2D eigenvalue weighted by molar-refractivity contribution is 0.101. The number of nitrogens with zero attached hydrogens (tertiary/aromatic N) is 1. The Balaban J connectivity index is 2.02.